The molecule has 1 atom stereocenters. The number of aliphatic imine (C=N–C) groups is 1. The zero-order valence-electron chi connectivity index (χ0n) is 13.2. The number of benzene rings is 1. The summed E-state index contributed by atoms with van der Waals surface area (Å²) < 4.78 is 24.3. The Kier molecular flexibility index (Phi) is 9.30. The minimum absolute atomic E-state index is 0. The topological polar surface area (TPSA) is 70.6 Å². The molecule has 1 aliphatic rings. The normalized spacial score (nSPS) is 18.3. The summed E-state index contributed by atoms with van der Waals surface area (Å²) >= 11 is 1.98. The van der Waals surface area contributed by atoms with Gasteiger partial charge in [0.25, 0.3) is 0 Å². The maximum atomic E-state index is 12.2. The Morgan fingerprint density at radius 2 is 2.04 bits per heavy atom. The molecule has 5 nitrogen and oxygen atoms in total. The van der Waals surface area contributed by atoms with Crippen LogP contribution in [0.1, 0.15) is 12.8 Å². The average molecular weight is 469 g/mol. The molecule has 0 radical (unpaired) electrons. The second-order valence-electron chi connectivity index (χ2n) is 5.15. The first-order valence-electron chi connectivity index (χ1n) is 7.46. The van der Waals surface area contributed by atoms with Crippen molar-refractivity contribution in [2.24, 2.45) is 4.99 Å². The predicted octanol–water partition coefficient (Wildman–Crippen LogP) is 2.14. The molecule has 1 heterocycles. The first-order chi connectivity index (χ1) is 10.6. The molecule has 1 aromatic carbocycles. The lowest BCUT2D eigenvalue weighted by Crippen LogP contribution is -2.41. The van der Waals surface area contributed by atoms with E-state index in [0.717, 1.165) is 6.54 Å². The molecular formula is C15H24IN3O2S2. The molecule has 1 aliphatic heterocycles. The van der Waals surface area contributed by atoms with Gasteiger partial charge in [-0.3, -0.25) is 4.99 Å². The Morgan fingerprint density at radius 1 is 1.30 bits per heavy atom. The van der Waals surface area contributed by atoms with Crippen molar-refractivity contribution < 1.29 is 8.42 Å². The Morgan fingerprint density at radius 3 is 2.65 bits per heavy atom. The van der Waals surface area contributed by atoms with Crippen molar-refractivity contribution in [3.8, 4) is 0 Å². The minimum atomic E-state index is -3.24. The second kappa shape index (κ2) is 10.4. The van der Waals surface area contributed by atoms with Gasteiger partial charge in [-0.2, -0.15) is 11.8 Å². The monoisotopic (exact) mass is 469 g/mol. The van der Waals surface area contributed by atoms with Gasteiger partial charge in [0.05, 0.1) is 10.6 Å². The summed E-state index contributed by atoms with van der Waals surface area (Å²) in [5.74, 6) is 1.94. The summed E-state index contributed by atoms with van der Waals surface area (Å²) in [5.41, 5.74) is 0. The van der Waals surface area contributed by atoms with Gasteiger partial charge in [-0.25, -0.2) is 8.42 Å². The van der Waals surface area contributed by atoms with Crippen LogP contribution in [0.5, 0.6) is 0 Å². The third kappa shape index (κ3) is 6.88. The van der Waals surface area contributed by atoms with Crippen molar-refractivity contribution in [3.63, 3.8) is 0 Å². The molecule has 0 aromatic heterocycles. The third-order valence-electron chi connectivity index (χ3n) is 3.51. The van der Waals surface area contributed by atoms with E-state index in [1.807, 2.05) is 17.8 Å². The number of nitrogens with one attached hydrogen (secondary N) is 2. The van der Waals surface area contributed by atoms with Crippen LogP contribution in [0.3, 0.4) is 0 Å². The largest absolute Gasteiger partial charge is 0.355 e. The summed E-state index contributed by atoms with van der Waals surface area (Å²) in [6, 6.07) is 8.53. The summed E-state index contributed by atoms with van der Waals surface area (Å²) in [7, 11) is -1.55. The van der Waals surface area contributed by atoms with Crippen molar-refractivity contribution in [1.29, 1.82) is 0 Å². The van der Waals surface area contributed by atoms with Gasteiger partial charge in [-0.05, 0) is 30.7 Å². The van der Waals surface area contributed by atoms with E-state index in [1.165, 1.54) is 18.6 Å². The van der Waals surface area contributed by atoms with Gasteiger partial charge >= 0.3 is 0 Å². The van der Waals surface area contributed by atoms with Crippen LogP contribution in [0.15, 0.2) is 40.2 Å². The fourth-order valence-electron chi connectivity index (χ4n) is 2.29. The van der Waals surface area contributed by atoms with E-state index >= 15 is 0 Å². The summed E-state index contributed by atoms with van der Waals surface area (Å²) in [4.78, 5) is 4.49. The maximum absolute atomic E-state index is 12.2. The lowest BCUT2D eigenvalue weighted by molar-refractivity contribution is 0.594. The standard InChI is InChI=1S/C15H23N3O2S2.HI/c1-16-15(18-12-13-6-5-10-21-13)17-9-11-22(19,20)14-7-3-2-4-8-14;/h2-4,7-8,13H,5-6,9-12H2,1H3,(H2,16,17,18);1H. The molecule has 0 spiro atoms. The zero-order valence-corrected chi connectivity index (χ0v) is 17.2. The van der Waals surface area contributed by atoms with E-state index in [4.69, 9.17) is 0 Å². The van der Waals surface area contributed by atoms with Gasteiger partial charge in [0.1, 0.15) is 0 Å². The van der Waals surface area contributed by atoms with Gasteiger partial charge in [0.15, 0.2) is 15.8 Å². The van der Waals surface area contributed by atoms with Gasteiger partial charge in [-0.1, -0.05) is 18.2 Å². The Balaban J connectivity index is 0.00000264. The first-order valence-corrected chi connectivity index (χ1v) is 10.2. The molecular weight excluding hydrogens is 445 g/mol. The molecule has 1 saturated heterocycles. The highest BCUT2D eigenvalue weighted by molar-refractivity contribution is 14.0. The van der Waals surface area contributed by atoms with Gasteiger partial charge < -0.3 is 10.6 Å². The number of rotatable bonds is 6. The van der Waals surface area contributed by atoms with Crippen LogP contribution in [0, 0.1) is 0 Å². The SMILES string of the molecule is CN=C(NCCS(=O)(=O)c1ccccc1)NCC1CCCS1.I. The first kappa shape index (κ1) is 20.6. The van der Waals surface area contributed by atoms with Crippen molar-refractivity contribution in [1.82, 2.24) is 10.6 Å². The molecule has 0 saturated carbocycles. The highest BCUT2D eigenvalue weighted by Gasteiger charge is 2.16. The number of halogens is 1. The molecule has 0 bridgehead atoms. The predicted molar refractivity (Wildman–Crippen MR) is 109 cm³/mol. The lowest BCUT2D eigenvalue weighted by Gasteiger charge is -2.14. The number of guanidine groups is 1. The Bertz CT molecular complexity index is 588. The van der Waals surface area contributed by atoms with Crippen molar-refractivity contribution >= 4 is 51.5 Å². The highest BCUT2D eigenvalue weighted by atomic mass is 127. The Hall–Kier alpha value is -0.480. The van der Waals surface area contributed by atoms with E-state index < -0.39 is 9.84 Å². The van der Waals surface area contributed by atoms with Crippen LogP contribution < -0.4 is 10.6 Å². The van der Waals surface area contributed by atoms with Crippen LogP contribution in [0.25, 0.3) is 0 Å². The number of hydrogen-bond acceptors (Lipinski definition) is 4. The van der Waals surface area contributed by atoms with Crippen LogP contribution in [0.2, 0.25) is 0 Å². The lowest BCUT2D eigenvalue weighted by atomic mass is 10.2. The van der Waals surface area contributed by atoms with Gasteiger partial charge in [-0.15, -0.1) is 24.0 Å². The number of hydrogen-bond donors (Lipinski definition) is 2. The van der Waals surface area contributed by atoms with E-state index in [0.29, 0.717) is 22.6 Å². The molecule has 1 unspecified atom stereocenters. The molecule has 2 N–H and O–H groups in total. The maximum Gasteiger partial charge on any atom is 0.191 e. The molecule has 1 fully saturated rings. The van der Waals surface area contributed by atoms with E-state index in [2.05, 4.69) is 15.6 Å². The number of sulfone groups is 1. The van der Waals surface area contributed by atoms with Gasteiger partial charge in [0.2, 0.25) is 0 Å². The minimum Gasteiger partial charge on any atom is -0.355 e. The molecule has 23 heavy (non-hydrogen) atoms. The van der Waals surface area contributed by atoms with Gasteiger partial charge in [0, 0.05) is 25.4 Å². The van der Waals surface area contributed by atoms with E-state index in [9.17, 15) is 8.42 Å². The third-order valence-corrected chi connectivity index (χ3v) is 6.64. The zero-order chi connectivity index (χ0) is 15.8. The fourth-order valence-corrected chi connectivity index (χ4v) is 4.67. The molecule has 0 aliphatic carbocycles. The van der Waals surface area contributed by atoms with Crippen molar-refractivity contribution in [2.75, 3.05) is 31.6 Å². The second-order valence-corrected chi connectivity index (χ2v) is 8.66. The van der Waals surface area contributed by atoms with E-state index in [1.54, 1.807) is 31.3 Å². The Labute approximate surface area is 160 Å². The van der Waals surface area contributed by atoms with E-state index in [-0.39, 0.29) is 29.7 Å². The fraction of sp³-hybridized carbons (Fsp3) is 0.533. The quantitative estimate of drug-likeness (QED) is 0.380. The number of thioether (sulfide) groups is 1. The summed E-state index contributed by atoms with van der Waals surface area (Å²) in [6.07, 6.45) is 2.51. The smallest absolute Gasteiger partial charge is 0.191 e. The summed E-state index contributed by atoms with van der Waals surface area (Å²) in [5, 5.41) is 6.96. The molecule has 2 rings (SSSR count). The van der Waals surface area contributed by atoms with Crippen LogP contribution in [0.4, 0.5) is 0 Å². The van der Waals surface area contributed by atoms with Crippen molar-refractivity contribution in [2.45, 2.75) is 23.0 Å². The van der Waals surface area contributed by atoms with Crippen molar-refractivity contribution in [3.05, 3.63) is 30.3 Å². The van der Waals surface area contributed by atoms with Crippen LogP contribution in [-0.4, -0.2) is 51.3 Å². The summed E-state index contributed by atoms with van der Waals surface area (Å²) in [6.45, 7) is 1.21. The molecule has 1 aromatic rings. The molecule has 8 heteroatoms. The van der Waals surface area contributed by atoms with Crippen LogP contribution >= 0.6 is 35.7 Å². The average Bonchev–Trinajstić information content (AvgIpc) is 3.05. The molecule has 0 amide bonds. The molecule has 130 valence electrons. The van der Waals surface area contributed by atoms with Crippen LogP contribution in [-0.2, 0) is 9.84 Å². The highest BCUT2D eigenvalue weighted by Crippen LogP contribution is 2.25. The number of nitrogens with zero attached hydrogens (tertiary/aromatic N) is 1.